The number of hydrogen-bond acceptors (Lipinski definition) is 5. The second kappa shape index (κ2) is 5.34. The number of rotatable bonds is 1. The summed E-state index contributed by atoms with van der Waals surface area (Å²) in [5.41, 5.74) is 5.90. The predicted octanol–water partition coefficient (Wildman–Crippen LogP) is 1.57. The Morgan fingerprint density at radius 2 is 1.70 bits per heavy atom. The van der Waals surface area contributed by atoms with Crippen molar-refractivity contribution in [3.63, 3.8) is 0 Å². The Bertz CT molecular complexity index is 513. The number of anilines is 1. The van der Waals surface area contributed by atoms with Crippen molar-refractivity contribution in [3.05, 3.63) is 30.8 Å². The van der Waals surface area contributed by atoms with E-state index in [-0.39, 0.29) is 18.3 Å². The topological polar surface area (TPSA) is 86.3 Å². The average Bonchev–Trinajstić information content (AvgIpc) is 2.46. The summed E-state index contributed by atoms with van der Waals surface area (Å²) in [4.78, 5) is 3.95. The Morgan fingerprint density at radius 3 is 2.10 bits per heavy atom. The highest BCUT2D eigenvalue weighted by Gasteiger charge is 2.51. The quantitative estimate of drug-likeness (QED) is 0.773. The van der Waals surface area contributed by atoms with Crippen LogP contribution in [0.15, 0.2) is 35.3 Å². The van der Waals surface area contributed by atoms with Gasteiger partial charge in [-0.1, -0.05) is 0 Å². The van der Waals surface area contributed by atoms with E-state index in [0.717, 1.165) is 5.46 Å². The first-order chi connectivity index (χ1) is 9.32. The third-order valence-corrected chi connectivity index (χ3v) is 3.60. The van der Waals surface area contributed by atoms with E-state index in [2.05, 4.69) is 14.7 Å². The van der Waals surface area contributed by atoms with Crippen LogP contribution in [0.5, 0.6) is 0 Å². The van der Waals surface area contributed by atoms with Gasteiger partial charge in [0, 0.05) is 6.20 Å². The Kier molecular flexibility index (Phi) is 3.92. The van der Waals surface area contributed by atoms with Crippen LogP contribution >= 0.6 is 0 Å². The highest BCUT2D eigenvalue weighted by atomic mass is 16.7. The summed E-state index contributed by atoms with van der Waals surface area (Å²) in [7, 11) is -0.365. The van der Waals surface area contributed by atoms with Gasteiger partial charge in [0.1, 0.15) is 12.1 Å². The number of nitrogens with one attached hydrogen (secondary N) is 1. The Hall–Kier alpha value is -1.73. The van der Waals surface area contributed by atoms with Crippen molar-refractivity contribution in [3.8, 4) is 0 Å². The van der Waals surface area contributed by atoms with Crippen LogP contribution in [0.3, 0.4) is 0 Å². The van der Waals surface area contributed by atoms with Gasteiger partial charge < -0.3 is 19.6 Å². The first-order valence-corrected chi connectivity index (χ1v) is 6.45. The molecule has 6 nitrogen and oxygen atoms in total. The molecular weight excluding hydrogens is 257 g/mol. The SMILES string of the molecule is CC1(C)OB(c2ccnc(N)c2)OC1(C)C.c1co[nH]1. The fourth-order valence-corrected chi connectivity index (χ4v) is 1.66. The van der Waals surface area contributed by atoms with Gasteiger partial charge in [-0.2, -0.15) is 0 Å². The monoisotopic (exact) mass is 277 g/mol. The molecule has 0 unspecified atom stereocenters. The molecule has 1 aliphatic rings. The molecule has 2 aromatic rings. The summed E-state index contributed by atoms with van der Waals surface area (Å²) < 4.78 is 16.1. The van der Waals surface area contributed by atoms with E-state index >= 15 is 0 Å². The maximum absolute atomic E-state index is 5.90. The van der Waals surface area contributed by atoms with E-state index in [1.165, 1.54) is 0 Å². The van der Waals surface area contributed by atoms with Crippen molar-refractivity contribution in [2.45, 2.75) is 38.9 Å². The summed E-state index contributed by atoms with van der Waals surface area (Å²) in [5.74, 6) is 0.479. The lowest BCUT2D eigenvalue weighted by Gasteiger charge is -2.32. The summed E-state index contributed by atoms with van der Waals surface area (Å²) in [6.45, 7) is 8.10. The van der Waals surface area contributed by atoms with Crippen molar-refractivity contribution in [1.29, 1.82) is 0 Å². The first-order valence-electron chi connectivity index (χ1n) is 6.45. The standard InChI is InChI=1S/C11H17BN2O2.C2H3NO/c1-10(2)11(3,4)16-12(15-10)8-5-6-14-9(13)7-8;1-2-4-3-1/h5-7H,1-4H3,(H2,13,14);1-3H. The molecule has 0 bridgehead atoms. The maximum atomic E-state index is 5.90. The van der Waals surface area contributed by atoms with Gasteiger partial charge in [-0.15, -0.1) is 0 Å². The van der Waals surface area contributed by atoms with Gasteiger partial charge >= 0.3 is 7.12 Å². The molecule has 108 valence electrons. The minimum Gasteiger partial charge on any atom is -0.399 e. The Balaban J connectivity index is 0.000000315. The molecule has 3 heterocycles. The van der Waals surface area contributed by atoms with Crippen LogP contribution in [0.2, 0.25) is 0 Å². The second-order valence-corrected chi connectivity index (χ2v) is 5.64. The van der Waals surface area contributed by atoms with Crippen molar-refractivity contribution < 1.29 is 13.8 Å². The molecule has 0 radical (unpaired) electrons. The van der Waals surface area contributed by atoms with Gasteiger partial charge in [0.05, 0.1) is 17.4 Å². The molecule has 0 amide bonds. The summed E-state index contributed by atoms with van der Waals surface area (Å²) in [5, 5.41) is 2.43. The molecule has 1 saturated heterocycles. The number of nitrogens with zero attached hydrogens (tertiary/aromatic N) is 1. The number of hydrogen-bond donors (Lipinski definition) is 2. The van der Waals surface area contributed by atoms with Gasteiger partial charge in [-0.25, -0.2) is 10.1 Å². The minimum absolute atomic E-state index is 0.324. The van der Waals surface area contributed by atoms with Gasteiger partial charge in [0.15, 0.2) is 0 Å². The number of H-pyrrole nitrogens is 1. The van der Waals surface area contributed by atoms with Gasteiger partial charge in [0.2, 0.25) is 0 Å². The molecule has 0 spiro atoms. The van der Waals surface area contributed by atoms with E-state index in [1.54, 1.807) is 24.7 Å². The number of nitrogen functional groups attached to an aromatic ring is 1. The van der Waals surface area contributed by atoms with Crippen LogP contribution < -0.4 is 11.2 Å². The third kappa shape index (κ3) is 3.05. The van der Waals surface area contributed by atoms with Crippen LogP contribution in [-0.4, -0.2) is 28.5 Å². The fourth-order valence-electron chi connectivity index (χ4n) is 1.66. The van der Waals surface area contributed by atoms with E-state index < -0.39 is 0 Å². The highest BCUT2D eigenvalue weighted by molar-refractivity contribution is 6.62. The lowest BCUT2D eigenvalue weighted by molar-refractivity contribution is 0.00578. The number of nitrogens with two attached hydrogens (primary N) is 1. The molecule has 1 aliphatic heterocycles. The summed E-state index contributed by atoms with van der Waals surface area (Å²) in [6, 6.07) is 3.64. The lowest BCUT2D eigenvalue weighted by atomic mass is 9.80. The van der Waals surface area contributed by atoms with E-state index in [4.69, 9.17) is 15.0 Å². The number of aromatic amines is 1. The maximum Gasteiger partial charge on any atom is 0.495 e. The molecule has 20 heavy (non-hydrogen) atoms. The Labute approximate surface area is 118 Å². The van der Waals surface area contributed by atoms with Crippen LogP contribution in [0, 0.1) is 0 Å². The van der Waals surface area contributed by atoms with Gasteiger partial charge in [-0.05, 0) is 45.3 Å². The first kappa shape index (κ1) is 14.7. The van der Waals surface area contributed by atoms with Crippen molar-refractivity contribution in [2.24, 2.45) is 0 Å². The Morgan fingerprint density at radius 1 is 1.20 bits per heavy atom. The molecule has 0 atom stereocenters. The molecule has 0 aromatic carbocycles. The van der Waals surface area contributed by atoms with Crippen molar-refractivity contribution in [2.75, 3.05) is 5.73 Å². The fraction of sp³-hybridized carbons (Fsp3) is 0.462. The molecule has 2 aromatic heterocycles. The molecule has 1 fully saturated rings. The van der Waals surface area contributed by atoms with Crippen molar-refractivity contribution in [1.82, 2.24) is 10.1 Å². The zero-order valence-corrected chi connectivity index (χ0v) is 12.2. The zero-order valence-electron chi connectivity index (χ0n) is 12.2. The lowest BCUT2D eigenvalue weighted by Crippen LogP contribution is -2.41. The third-order valence-electron chi connectivity index (χ3n) is 3.60. The summed E-state index contributed by atoms with van der Waals surface area (Å²) >= 11 is 0. The predicted molar refractivity (Wildman–Crippen MR) is 77.4 cm³/mol. The average molecular weight is 277 g/mol. The van der Waals surface area contributed by atoms with Crippen LogP contribution in [0.1, 0.15) is 27.7 Å². The smallest absolute Gasteiger partial charge is 0.399 e. The van der Waals surface area contributed by atoms with Crippen LogP contribution in [0.25, 0.3) is 0 Å². The normalized spacial score (nSPS) is 19.5. The molecule has 3 rings (SSSR count). The zero-order chi connectivity index (χ0) is 14.8. The molecular formula is C13H20BN3O3. The van der Waals surface area contributed by atoms with Crippen molar-refractivity contribution >= 4 is 18.4 Å². The molecule has 3 N–H and O–H groups in total. The second-order valence-electron chi connectivity index (χ2n) is 5.64. The van der Waals surface area contributed by atoms with E-state index in [1.807, 2.05) is 33.8 Å². The highest BCUT2D eigenvalue weighted by Crippen LogP contribution is 2.36. The number of pyridine rings is 1. The summed E-state index contributed by atoms with van der Waals surface area (Å²) in [6.07, 6.45) is 4.94. The molecule has 0 aliphatic carbocycles. The van der Waals surface area contributed by atoms with Gasteiger partial charge in [-0.3, -0.25) is 0 Å². The van der Waals surface area contributed by atoms with Crippen LogP contribution in [-0.2, 0) is 9.31 Å². The largest absolute Gasteiger partial charge is 0.495 e. The molecule has 7 heteroatoms. The van der Waals surface area contributed by atoms with E-state index in [0.29, 0.717) is 5.82 Å². The minimum atomic E-state index is -0.365. The molecule has 0 saturated carbocycles. The number of aromatic nitrogens is 2. The van der Waals surface area contributed by atoms with Gasteiger partial charge in [0.25, 0.3) is 0 Å². The van der Waals surface area contributed by atoms with E-state index in [9.17, 15) is 0 Å². The van der Waals surface area contributed by atoms with Crippen LogP contribution in [0.4, 0.5) is 5.82 Å².